The molecule has 0 aliphatic heterocycles. The zero-order valence-electron chi connectivity index (χ0n) is 11.6. The monoisotopic (exact) mass is 282 g/mol. The smallest absolute Gasteiger partial charge is 0.336 e. The summed E-state index contributed by atoms with van der Waals surface area (Å²) < 4.78 is 0. The van der Waals surface area contributed by atoms with Gasteiger partial charge in [0, 0.05) is 30.0 Å². The fourth-order valence-corrected chi connectivity index (χ4v) is 1.71. The van der Waals surface area contributed by atoms with Crippen molar-refractivity contribution in [2.75, 3.05) is 11.9 Å². The molecule has 0 amide bonds. The van der Waals surface area contributed by atoms with E-state index in [9.17, 15) is 14.9 Å². The van der Waals surface area contributed by atoms with Crippen LogP contribution < -0.4 is 5.32 Å². The highest BCUT2D eigenvalue weighted by Crippen LogP contribution is 2.29. The van der Waals surface area contributed by atoms with Gasteiger partial charge in [-0.3, -0.25) is 10.1 Å². The van der Waals surface area contributed by atoms with Gasteiger partial charge in [0.15, 0.2) is 0 Å². The summed E-state index contributed by atoms with van der Waals surface area (Å²) in [5.41, 5.74) is 0.381. The van der Waals surface area contributed by atoms with Crippen molar-refractivity contribution in [1.29, 1.82) is 0 Å². The number of hydrogen-bond acceptors (Lipinski definition) is 5. The highest BCUT2D eigenvalue weighted by molar-refractivity contribution is 5.90. The number of hydrogen-bond donors (Lipinski definition) is 3. The van der Waals surface area contributed by atoms with Crippen LogP contribution in [0.2, 0.25) is 0 Å². The second kappa shape index (κ2) is 6.33. The van der Waals surface area contributed by atoms with Gasteiger partial charge in [0.2, 0.25) is 0 Å². The molecule has 0 bridgehead atoms. The van der Waals surface area contributed by atoms with Crippen LogP contribution in [0, 0.1) is 23.0 Å². The molecule has 0 saturated heterocycles. The number of nitro benzene ring substituents is 1. The number of carboxylic acid groups (broad SMARTS) is 1. The molecule has 0 fully saturated rings. The van der Waals surface area contributed by atoms with Crippen molar-refractivity contribution < 1.29 is 19.9 Å². The lowest BCUT2D eigenvalue weighted by molar-refractivity contribution is -0.385. The molecule has 0 heterocycles. The van der Waals surface area contributed by atoms with Gasteiger partial charge >= 0.3 is 5.97 Å². The van der Waals surface area contributed by atoms with Crippen LogP contribution in [0.4, 0.5) is 11.4 Å². The van der Waals surface area contributed by atoms with Crippen LogP contribution >= 0.6 is 0 Å². The summed E-state index contributed by atoms with van der Waals surface area (Å²) >= 11 is 0. The molecule has 0 aliphatic rings. The van der Waals surface area contributed by atoms with Crippen molar-refractivity contribution in [3.63, 3.8) is 0 Å². The van der Waals surface area contributed by atoms with Crippen LogP contribution in [0.5, 0.6) is 0 Å². The van der Waals surface area contributed by atoms with Crippen LogP contribution in [0.3, 0.4) is 0 Å². The average molecular weight is 282 g/mol. The second-order valence-electron chi connectivity index (χ2n) is 4.82. The summed E-state index contributed by atoms with van der Waals surface area (Å²) in [5, 5.41) is 32.1. The van der Waals surface area contributed by atoms with Crippen molar-refractivity contribution in [2.45, 2.75) is 26.8 Å². The summed E-state index contributed by atoms with van der Waals surface area (Å²) in [7, 11) is 0. The summed E-state index contributed by atoms with van der Waals surface area (Å²) in [6, 6.07) is 2.26. The normalized spacial score (nSPS) is 13.6. The quantitative estimate of drug-likeness (QED) is 0.543. The number of anilines is 1. The topological polar surface area (TPSA) is 113 Å². The molecule has 7 heteroatoms. The summed E-state index contributed by atoms with van der Waals surface area (Å²) in [6.45, 7) is 5.17. The van der Waals surface area contributed by atoms with E-state index in [-0.39, 0.29) is 29.8 Å². The van der Waals surface area contributed by atoms with Gasteiger partial charge in [-0.25, -0.2) is 4.79 Å². The van der Waals surface area contributed by atoms with E-state index in [0.717, 1.165) is 6.07 Å². The van der Waals surface area contributed by atoms with Crippen molar-refractivity contribution in [1.82, 2.24) is 0 Å². The maximum Gasteiger partial charge on any atom is 0.336 e. The second-order valence-corrected chi connectivity index (χ2v) is 4.82. The van der Waals surface area contributed by atoms with Gasteiger partial charge in [0.25, 0.3) is 5.69 Å². The number of nitrogens with zero attached hydrogens (tertiary/aromatic N) is 1. The molecule has 110 valence electrons. The van der Waals surface area contributed by atoms with E-state index in [1.807, 2.05) is 13.8 Å². The molecule has 0 radical (unpaired) electrons. The molecule has 3 N–H and O–H groups in total. The maximum absolute atomic E-state index is 11.0. The largest absolute Gasteiger partial charge is 0.478 e. The van der Waals surface area contributed by atoms with Gasteiger partial charge < -0.3 is 15.5 Å². The Hall–Kier alpha value is -2.15. The van der Waals surface area contributed by atoms with E-state index in [4.69, 9.17) is 10.2 Å². The first kappa shape index (κ1) is 15.9. The molecule has 2 unspecified atom stereocenters. The minimum absolute atomic E-state index is 0.0338. The molecule has 0 aromatic heterocycles. The number of carbonyl (C=O) groups is 1. The van der Waals surface area contributed by atoms with Gasteiger partial charge in [0.05, 0.1) is 10.5 Å². The summed E-state index contributed by atoms with van der Waals surface area (Å²) in [5.74, 6) is -1.29. The standard InChI is InChI=1S/C13H18N2O5/c1-7(6-16)9(3)14-11-4-10(13(17)18)5-12(8(11)2)15(19)20/h4-5,7,9,14,16H,6H2,1-3H3,(H,17,18). The molecule has 0 saturated carbocycles. The third-order valence-electron chi connectivity index (χ3n) is 3.35. The first-order valence-electron chi connectivity index (χ1n) is 6.17. The van der Waals surface area contributed by atoms with E-state index in [1.54, 1.807) is 6.92 Å². The molecule has 1 aromatic carbocycles. The van der Waals surface area contributed by atoms with Crippen molar-refractivity contribution in [2.24, 2.45) is 5.92 Å². The average Bonchev–Trinajstić information content (AvgIpc) is 2.39. The molecule has 2 atom stereocenters. The van der Waals surface area contributed by atoms with Crippen molar-refractivity contribution in [3.05, 3.63) is 33.4 Å². The molecule has 1 rings (SSSR count). The maximum atomic E-state index is 11.0. The number of nitro groups is 1. The van der Waals surface area contributed by atoms with E-state index >= 15 is 0 Å². The summed E-state index contributed by atoms with van der Waals surface area (Å²) in [6.07, 6.45) is 0. The zero-order valence-corrected chi connectivity index (χ0v) is 11.6. The fraction of sp³-hybridized carbons (Fsp3) is 0.462. The third-order valence-corrected chi connectivity index (χ3v) is 3.35. The Morgan fingerprint density at radius 3 is 2.50 bits per heavy atom. The van der Waals surface area contributed by atoms with Gasteiger partial charge in [-0.1, -0.05) is 6.92 Å². The van der Waals surface area contributed by atoms with Crippen LogP contribution in [-0.4, -0.2) is 33.8 Å². The first-order valence-corrected chi connectivity index (χ1v) is 6.17. The molecule has 0 spiro atoms. The Labute approximate surface area is 116 Å². The Morgan fingerprint density at radius 2 is 2.05 bits per heavy atom. The zero-order chi connectivity index (χ0) is 15.4. The summed E-state index contributed by atoms with van der Waals surface area (Å²) in [4.78, 5) is 21.4. The lowest BCUT2D eigenvalue weighted by Crippen LogP contribution is -2.26. The number of nitrogens with one attached hydrogen (secondary N) is 1. The van der Waals surface area contributed by atoms with Gasteiger partial charge in [-0.2, -0.15) is 0 Å². The first-order chi connectivity index (χ1) is 9.27. The number of benzene rings is 1. The Bertz CT molecular complexity index is 530. The number of aliphatic hydroxyl groups is 1. The Morgan fingerprint density at radius 1 is 1.45 bits per heavy atom. The van der Waals surface area contributed by atoms with Crippen molar-refractivity contribution >= 4 is 17.3 Å². The van der Waals surface area contributed by atoms with Gasteiger partial charge in [-0.15, -0.1) is 0 Å². The van der Waals surface area contributed by atoms with Gasteiger partial charge in [-0.05, 0) is 25.8 Å². The lowest BCUT2D eigenvalue weighted by Gasteiger charge is -2.22. The van der Waals surface area contributed by atoms with Crippen molar-refractivity contribution in [3.8, 4) is 0 Å². The number of carboxylic acids is 1. The SMILES string of the molecule is Cc1c(NC(C)C(C)CO)cc(C(=O)O)cc1[N+](=O)[O-]. The molecule has 7 nitrogen and oxygen atoms in total. The fourth-order valence-electron chi connectivity index (χ4n) is 1.71. The number of aliphatic hydroxyl groups excluding tert-OH is 1. The minimum atomic E-state index is -1.22. The van der Waals surface area contributed by atoms with Gasteiger partial charge in [0.1, 0.15) is 0 Å². The Kier molecular flexibility index (Phi) is 5.04. The van der Waals surface area contributed by atoms with Crippen LogP contribution in [0.25, 0.3) is 0 Å². The predicted octanol–water partition coefficient (Wildman–Crippen LogP) is 2.03. The van der Waals surface area contributed by atoms with Crippen LogP contribution in [0.1, 0.15) is 29.8 Å². The molecule has 20 heavy (non-hydrogen) atoms. The van der Waals surface area contributed by atoms with Crippen LogP contribution in [-0.2, 0) is 0 Å². The predicted molar refractivity (Wildman–Crippen MR) is 74.1 cm³/mol. The number of aromatic carboxylic acids is 1. The molecular weight excluding hydrogens is 264 g/mol. The molecular formula is C13H18N2O5. The Balaban J connectivity index is 3.24. The van der Waals surface area contributed by atoms with E-state index in [1.165, 1.54) is 6.07 Å². The third kappa shape index (κ3) is 3.45. The number of rotatable bonds is 6. The highest BCUT2D eigenvalue weighted by atomic mass is 16.6. The highest BCUT2D eigenvalue weighted by Gasteiger charge is 2.21. The molecule has 0 aliphatic carbocycles. The minimum Gasteiger partial charge on any atom is -0.478 e. The molecule has 1 aromatic rings. The van der Waals surface area contributed by atoms with E-state index < -0.39 is 10.9 Å². The van der Waals surface area contributed by atoms with Crippen LogP contribution in [0.15, 0.2) is 12.1 Å². The lowest BCUT2D eigenvalue weighted by atomic mass is 10.0. The van der Waals surface area contributed by atoms with E-state index in [2.05, 4.69) is 5.32 Å². The van der Waals surface area contributed by atoms with E-state index in [0.29, 0.717) is 11.3 Å².